The quantitative estimate of drug-likeness (QED) is 0.170. The van der Waals surface area contributed by atoms with Crippen molar-refractivity contribution in [3.63, 3.8) is 0 Å². The molecule has 0 radical (unpaired) electrons. The van der Waals surface area contributed by atoms with E-state index in [0.717, 1.165) is 0 Å². The Morgan fingerprint density at radius 3 is 0.857 bits per heavy atom. The number of hydrogen-bond acceptors (Lipinski definition) is 1. The van der Waals surface area contributed by atoms with E-state index in [1.807, 2.05) is 11.3 Å². The fourth-order valence-electron chi connectivity index (χ4n) is 7.25. The lowest BCUT2D eigenvalue weighted by Gasteiger charge is -2.17. The molecular weight excluding hydrogens is 609 g/mol. The predicted octanol–water partition coefficient (Wildman–Crippen LogP) is 14.1. The predicted molar refractivity (Wildman–Crippen MR) is 212 cm³/mol. The van der Waals surface area contributed by atoms with Gasteiger partial charge in [-0.25, -0.2) is 0 Å². The lowest BCUT2D eigenvalue weighted by Crippen LogP contribution is -1.91. The van der Waals surface area contributed by atoms with Gasteiger partial charge in [0.05, 0.1) is 0 Å². The Hall–Kier alpha value is -6.02. The van der Waals surface area contributed by atoms with Gasteiger partial charge in [-0.15, -0.1) is 11.3 Å². The molecule has 0 N–H and O–H groups in total. The van der Waals surface area contributed by atoms with Gasteiger partial charge in [-0.05, 0) is 91.0 Å². The summed E-state index contributed by atoms with van der Waals surface area (Å²) in [6, 6.07) is 70.6. The summed E-state index contributed by atoms with van der Waals surface area (Å²) in [4.78, 5) is 0. The summed E-state index contributed by atoms with van der Waals surface area (Å²) in [6.45, 7) is 0. The minimum absolute atomic E-state index is 1.22. The highest BCUT2D eigenvalue weighted by atomic mass is 32.1. The zero-order valence-corrected chi connectivity index (χ0v) is 27.7. The zero-order valence-electron chi connectivity index (χ0n) is 26.9. The maximum Gasteiger partial charge on any atom is 0.0355 e. The van der Waals surface area contributed by atoms with Crippen molar-refractivity contribution in [2.75, 3.05) is 0 Å². The topological polar surface area (TPSA) is 0 Å². The maximum atomic E-state index is 2.42. The number of hydrogen-bond donors (Lipinski definition) is 0. The second-order valence-electron chi connectivity index (χ2n) is 12.4. The van der Waals surface area contributed by atoms with Crippen molar-refractivity contribution >= 4 is 31.5 Å². The molecule has 0 aliphatic rings. The van der Waals surface area contributed by atoms with Crippen LogP contribution in [0, 0.1) is 0 Å². The van der Waals surface area contributed by atoms with Crippen molar-refractivity contribution in [3.8, 4) is 66.8 Å². The molecule has 230 valence electrons. The molecule has 0 fully saturated rings. The highest BCUT2D eigenvalue weighted by Crippen LogP contribution is 2.46. The van der Waals surface area contributed by atoms with Crippen LogP contribution in [0.15, 0.2) is 194 Å². The molecule has 0 unspecified atom stereocenters. The van der Waals surface area contributed by atoms with Crippen molar-refractivity contribution in [1.82, 2.24) is 0 Å². The van der Waals surface area contributed by atoms with E-state index in [1.165, 1.54) is 86.9 Å². The van der Waals surface area contributed by atoms with Crippen LogP contribution in [-0.4, -0.2) is 0 Å². The fourth-order valence-corrected chi connectivity index (χ4v) is 8.31. The van der Waals surface area contributed by atoms with Crippen LogP contribution in [0.3, 0.4) is 0 Å². The Kier molecular flexibility index (Phi) is 7.46. The molecule has 0 bridgehead atoms. The zero-order chi connectivity index (χ0) is 32.6. The van der Waals surface area contributed by atoms with Gasteiger partial charge in [0.25, 0.3) is 0 Å². The van der Waals surface area contributed by atoms with Gasteiger partial charge in [0.2, 0.25) is 0 Å². The van der Waals surface area contributed by atoms with Crippen molar-refractivity contribution in [2.24, 2.45) is 0 Å². The van der Waals surface area contributed by atoms with E-state index in [-0.39, 0.29) is 0 Å². The molecule has 49 heavy (non-hydrogen) atoms. The Bertz CT molecular complexity index is 2270. The molecule has 0 amide bonds. The number of fused-ring (bicyclic) bond motifs is 3. The SMILES string of the molecule is c1ccc(-c2cccc(-c3ccccc3)c2-c2ccc3sc4ccc(-c5c(-c6ccccc6)cccc5-c5ccccc5)cc4c3c2)cc1. The number of thiophene rings is 1. The Morgan fingerprint density at radius 1 is 0.245 bits per heavy atom. The molecule has 9 rings (SSSR count). The third-order valence-corrected chi connectivity index (χ3v) is 10.7. The largest absolute Gasteiger partial charge is 0.135 e. The van der Waals surface area contributed by atoms with Crippen LogP contribution in [-0.2, 0) is 0 Å². The van der Waals surface area contributed by atoms with Gasteiger partial charge in [0.15, 0.2) is 0 Å². The molecule has 1 heteroatoms. The Morgan fingerprint density at radius 2 is 0.551 bits per heavy atom. The molecule has 0 saturated carbocycles. The molecule has 0 atom stereocenters. The minimum Gasteiger partial charge on any atom is -0.135 e. The van der Waals surface area contributed by atoms with Gasteiger partial charge in [-0.3, -0.25) is 0 Å². The van der Waals surface area contributed by atoms with E-state index >= 15 is 0 Å². The first-order valence-electron chi connectivity index (χ1n) is 16.8. The Balaban J connectivity index is 1.28. The first-order chi connectivity index (χ1) is 24.3. The summed E-state index contributed by atoms with van der Waals surface area (Å²) < 4.78 is 2.60. The summed E-state index contributed by atoms with van der Waals surface area (Å²) >= 11 is 1.87. The average molecular weight is 641 g/mol. The molecule has 0 aliphatic heterocycles. The first-order valence-corrected chi connectivity index (χ1v) is 17.6. The van der Waals surface area contributed by atoms with E-state index in [9.17, 15) is 0 Å². The van der Waals surface area contributed by atoms with E-state index < -0.39 is 0 Å². The average Bonchev–Trinajstić information content (AvgIpc) is 3.56. The van der Waals surface area contributed by atoms with Gasteiger partial charge >= 0.3 is 0 Å². The van der Waals surface area contributed by atoms with Crippen LogP contribution in [0.25, 0.3) is 86.9 Å². The van der Waals surface area contributed by atoms with Crippen LogP contribution in [0.4, 0.5) is 0 Å². The second-order valence-corrected chi connectivity index (χ2v) is 13.5. The molecule has 0 aliphatic carbocycles. The van der Waals surface area contributed by atoms with Gasteiger partial charge in [0, 0.05) is 20.2 Å². The van der Waals surface area contributed by atoms with Gasteiger partial charge in [-0.1, -0.05) is 170 Å². The van der Waals surface area contributed by atoms with Crippen LogP contribution in [0.2, 0.25) is 0 Å². The second kappa shape index (κ2) is 12.5. The number of rotatable bonds is 6. The van der Waals surface area contributed by atoms with Crippen molar-refractivity contribution in [3.05, 3.63) is 194 Å². The molecule has 1 aromatic heterocycles. The molecular formula is C48H32S. The monoisotopic (exact) mass is 640 g/mol. The van der Waals surface area contributed by atoms with Crippen LogP contribution >= 0.6 is 11.3 Å². The summed E-state index contributed by atoms with van der Waals surface area (Å²) in [6.07, 6.45) is 0. The smallest absolute Gasteiger partial charge is 0.0355 e. The fraction of sp³-hybridized carbons (Fsp3) is 0. The van der Waals surface area contributed by atoms with Crippen LogP contribution in [0.5, 0.6) is 0 Å². The maximum absolute atomic E-state index is 2.42. The summed E-state index contributed by atoms with van der Waals surface area (Å²) in [5.41, 5.74) is 14.8. The first kappa shape index (κ1) is 29.1. The standard InChI is InChI=1S/C48H32S/c1-5-15-33(16-6-1)39-23-13-24-40(34-17-7-2-8-18-34)47(39)37-27-29-45-43(31-37)44-32-38(28-30-46(44)49-45)48-41(35-19-9-3-10-20-35)25-14-26-42(48)36-21-11-4-12-22-36/h1-32H. The molecule has 0 nitrogen and oxygen atoms in total. The molecule has 8 aromatic carbocycles. The van der Waals surface area contributed by atoms with E-state index in [0.29, 0.717) is 0 Å². The van der Waals surface area contributed by atoms with Crippen molar-refractivity contribution in [2.45, 2.75) is 0 Å². The molecule has 9 aromatic rings. The minimum atomic E-state index is 1.22. The summed E-state index contributed by atoms with van der Waals surface area (Å²) in [7, 11) is 0. The van der Waals surface area contributed by atoms with Gasteiger partial charge < -0.3 is 0 Å². The lowest BCUT2D eigenvalue weighted by atomic mass is 9.86. The van der Waals surface area contributed by atoms with Crippen molar-refractivity contribution in [1.29, 1.82) is 0 Å². The molecule has 0 saturated heterocycles. The van der Waals surface area contributed by atoms with Crippen LogP contribution in [0.1, 0.15) is 0 Å². The van der Waals surface area contributed by atoms with E-state index in [4.69, 9.17) is 0 Å². The van der Waals surface area contributed by atoms with Crippen molar-refractivity contribution < 1.29 is 0 Å². The summed E-state index contributed by atoms with van der Waals surface area (Å²) in [5, 5.41) is 2.58. The highest BCUT2D eigenvalue weighted by molar-refractivity contribution is 7.25. The third kappa shape index (κ3) is 5.35. The van der Waals surface area contributed by atoms with E-state index in [1.54, 1.807) is 0 Å². The summed E-state index contributed by atoms with van der Waals surface area (Å²) in [5.74, 6) is 0. The lowest BCUT2D eigenvalue weighted by molar-refractivity contribution is 1.57. The van der Waals surface area contributed by atoms with E-state index in [2.05, 4.69) is 194 Å². The number of benzene rings is 8. The normalized spacial score (nSPS) is 11.3. The molecule has 0 spiro atoms. The molecule has 1 heterocycles. The Labute approximate surface area is 291 Å². The van der Waals surface area contributed by atoms with Gasteiger partial charge in [-0.2, -0.15) is 0 Å². The highest BCUT2D eigenvalue weighted by Gasteiger charge is 2.18. The third-order valence-electron chi connectivity index (χ3n) is 9.51. The van der Waals surface area contributed by atoms with Crippen LogP contribution < -0.4 is 0 Å². The van der Waals surface area contributed by atoms with Gasteiger partial charge in [0.1, 0.15) is 0 Å².